The lowest BCUT2D eigenvalue weighted by atomic mass is 10.0. The van der Waals surface area contributed by atoms with E-state index in [0.717, 1.165) is 46.9 Å². The number of hydrogen-bond donors (Lipinski definition) is 0. The van der Waals surface area contributed by atoms with Crippen molar-refractivity contribution in [2.45, 2.75) is 49.6 Å². The van der Waals surface area contributed by atoms with Crippen LogP contribution in [0.25, 0.3) is 11.3 Å². The van der Waals surface area contributed by atoms with Crippen molar-refractivity contribution in [2.75, 3.05) is 11.4 Å². The molecule has 158 valence electrons. The van der Waals surface area contributed by atoms with Crippen molar-refractivity contribution in [3.8, 4) is 11.3 Å². The van der Waals surface area contributed by atoms with Crippen LogP contribution in [0.3, 0.4) is 0 Å². The number of nitrogens with zero attached hydrogens (tertiary/aromatic N) is 3. The number of rotatable bonds is 6. The Labute approximate surface area is 186 Å². The summed E-state index contributed by atoms with van der Waals surface area (Å²) in [5, 5.41) is 0.665. The van der Waals surface area contributed by atoms with Crippen LogP contribution in [0.5, 0.6) is 0 Å². The number of anilines is 1. The minimum absolute atomic E-state index is 0.0443. The number of benzene rings is 2. The first-order valence-corrected chi connectivity index (χ1v) is 11.7. The van der Waals surface area contributed by atoms with Crippen LogP contribution in [0.15, 0.2) is 59.9 Å². The van der Waals surface area contributed by atoms with Gasteiger partial charge in [-0.25, -0.2) is 4.98 Å². The summed E-state index contributed by atoms with van der Waals surface area (Å²) < 4.78 is 2.30. The molecule has 3 aromatic rings. The molecule has 2 aliphatic rings. The first-order valence-electron chi connectivity index (χ1n) is 10.8. The summed E-state index contributed by atoms with van der Waals surface area (Å²) in [4.78, 5) is 31.4. The molecule has 6 heteroatoms. The number of fused-ring (bicyclic) bond motifs is 1. The Morgan fingerprint density at radius 2 is 1.90 bits per heavy atom. The highest BCUT2D eigenvalue weighted by Crippen LogP contribution is 2.43. The van der Waals surface area contributed by atoms with Gasteiger partial charge in [0.2, 0.25) is 5.91 Å². The van der Waals surface area contributed by atoms with Gasteiger partial charge < -0.3 is 9.47 Å². The van der Waals surface area contributed by atoms with E-state index in [9.17, 15) is 9.59 Å². The fourth-order valence-corrected chi connectivity index (χ4v) is 5.30. The minimum atomic E-state index is -0.244. The van der Waals surface area contributed by atoms with Crippen molar-refractivity contribution in [1.29, 1.82) is 0 Å². The molecule has 0 bridgehead atoms. The second-order valence-corrected chi connectivity index (χ2v) is 9.59. The third kappa shape index (κ3) is 3.81. The molecule has 1 aromatic heterocycles. The number of aromatic nitrogens is 2. The van der Waals surface area contributed by atoms with E-state index in [1.54, 1.807) is 11.8 Å². The van der Waals surface area contributed by atoms with Crippen LogP contribution < -0.4 is 4.90 Å². The van der Waals surface area contributed by atoms with Crippen LogP contribution in [0.1, 0.15) is 48.7 Å². The molecule has 1 aliphatic carbocycles. The van der Waals surface area contributed by atoms with Gasteiger partial charge in [0.1, 0.15) is 0 Å². The molecule has 5 rings (SSSR count). The van der Waals surface area contributed by atoms with Gasteiger partial charge in [-0.15, -0.1) is 0 Å². The number of carbonyl (C=O) groups is 2. The van der Waals surface area contributed by atoms with Crippen molar-refractivity contribution in [2.24, 2.45) is 0 Å². The third-order valence-corrected chi connectivity index (χ3v) is 7.12. The topological polar surface area (TPSA) is 55.2 Å². The van der Waals surface area contributed by atoms with E-state index in [1.165, 1.54) is 11.8 Å². The van der Waals surface area contributed by atoms with Gasteiger partial charge in [0.05, 0.1) is 17.1 Å². The number of carbonyl (C=O) groups excluding carboxylic acids is 2. The first-order chi connectivity index (χ1) is 15.0. The quantitative estimate of drug-likeness (QED) is 0.400. The third-order valence-electron chi connectivity index (χ3n) is 6.04. The summed E-state index contributed by atoms with van der Waals surface area (Å²) in [6.07, 6.45) is 5.04. The summed E-state index contributed by atoms with van der Waals surface area (Å²) in [7, 11) is 0. The second kappa shape index (κ2) is 8.00. The van der Waals surface area contributed by atoms with Crippen LogP contribution in [-0.2, 0) is 11.2 Å². The van der Waals surface area contributed by atoms with E-state index in [2.05, 4.69) is 21.7 Å². The number of ketones is 1. The lowest BCUT2D eigenvalue weighted by molar-refractivity contribution is -0.116. The number of Topliss-reactive ketones (excluding diaryl/α,β-unsaturated/α-hetero) is 1. The number of thioether (sulfide) groups is 1. The fourth-order valence-electron chi connectivity index (χ4n) is 4.27. The molecule has 1 fully saturated rings. The molecule has 2 aromatic carbocycles. The average Bonchev–Trinajstić information content (AvgIpc) is 3.39. The van der Waals surface area contributed by atoms with E-state index in [-0.39, 0.29) is 16.9 Å². The van der Waals surface area contributed by atoms with Crippen LogP contribution >= 0.6 is 11.8 Å². The fraction of sp³-hybridized carbons (Fsp3) is 0.320. The zero-order valence-corrected chi connectivity index (χ0v) is 18.6. The highest BCUT2D eigenvalue weighted by atomic mass is 32.2. The summed E-state index contributed by atoms with van der Waals surface area (Å²) in [6, 6.07) is 16.5. The van der Waals surface area contributed by atoms with Gasteiger partial charge in [-0.3, -0.25) is 9.59 Å². The van der Waals surface area contributed by atoms with Crippen molar-refractivity contribution in [3.05, 3.63) is 65.9 Å². The Bertz CT molecular complexity index is 1150. The Balaban J connectivity index is 1.38. The predicted octanol–water partition coefficient (Wildman–Crippen LogP) is 5.16. The van der Waals surface area contributed by atoms with E-state index < -0.39 is 0 Å². The molecule has 0 spiro atoms. The van der Waals surface area contributed by atoms with E-state index in [4.69, 9.17) is 0 Å². The Kier molecular flexibility index (Phi) is 5.18. The molecule has 31 heavy (non-hydrogen) atoms. The average molecular weight is 432 g/mol. The maximum absolute atomic E-state index is 13.2. The molecule has 1 aliphatic heterocycles. The minimum Gasteiger partial charge on any atom is -0.316 e. The molecular weight excluding hydrogens is 406 g/mol. The monoisotopic (exact) mass is 431 g/mol. The Morgan fingerprint density at radius 3 is 2.61 bits per heavy atom. The highest BCUT2D eigenvalue weighted by Gasteiger charge is 2.31. The van der Waals surface area contributed by atoms with Crippen molar-refractivity contribution >= 4 is 29.1 Å². The summed E-state index contributed by atoms with van der Waals surface area (Å²) in [5.41, 5.74) is 4.98. The maximum atomic E-state index is 13.2. The zero-order chi connectivity index (χ0) is 21.5. The SMILES string of the molecule is CC(=O)N1CCc2cc(C(=O)[C@H](C)Sc3ncc(-c4ccccc4)n3C3CC3)ccc21. The normalized spacial score (nSPS) is 16.3. The number of amides is 1. The molecular formula is C25H25N3O2S. The maximum Gasteiger partial charge on any atom is 0.223 e. The zero-order valence-electron chi connectivity index (χ0n) is 17.7. The van der Waals surface area contributed by atoms with E-state index in [1.807, 2.05) is 49.5 Å². The predicted molar refractivity (Wildman–Crippen MR) is 124 cm³/mol. The van der Waals surface area contributed by atoms with Crippen molar-refractivity contribution < 1.29 is 9.59 Å². The van der Waals surface area contributed by atoms with Crippen LogP contribution in [-0.4, -0.2) is 33.0 Å². The molecule has 0 radical (unpaired) electrons. The van der Waals surface area contributed by atoms with Gasteiger partial charge in [0, 0.05) is 30.8 Å². The molecule has 1 atom stereocenters. The van der Waals surface area contributed by atoms with Gasteiger partial charge in [-0.1, -0.05) is 42.1 Å². The highest BCUT2D eigenvalue weighted by molar-refractivity contribution is 8.00. The van der Waals surface area contributed by atoms with Gasteiger partial charge in [-0.2, -0.15) is 0 Å². The standard InChI is InChI=1S/C25H25N3O2S/c1-16(24(30)20-8-11-22-19(14-20)12-13-27(22)17(2)29)31-25-26-15-23(28(25)21-9-10-21)18-6-4-3-5-7-18/h3-8,11,14-16,21H,9-10,12-13H2,1-2H3/t16-/m0/s1. The van der Waals surface area contributed by atoms with Gasteiger partial charge in [-0.05, 0) is 55.5 Å². The molecule has 2 heterocycles. The molecule has 1 saturated carbocycles. The van der Waals surface area contributed by atoms with Gasteiger partial charge >= 0.3 is 0 Å². The Morgan fingerprint density at radius 1 is 1.13 bits per heavy atom. The molecule has 0 unspecified atom stereocenters. The van der Waals surface area contributed by atoms with Gasteiger partial charge in [0.25, 0.3) is 0 Å². The number of imidazole rings is 1. The lowest BCUT2D eigenvalue weighted by Gasteiger charge is -2.16. The van der Waals surface area contributed by atoms with Crippen LogP contribution in [0, 0.1) is 0 Å². The number of hydrogen-bond acceptors (Lipinski definition) is 4. The van der Waals surface area contributed by atoms with Crippen molar-refractivity contribution in [1.82, 2.24) is 9.55 Å². The Hall–Kier alpha value is -2.86. The summed E-state index contributed by atoms with van der Waals surface area (Å²) in [5.74, 6) is 0.142. The van der Waals surface area contributed by atoms with E-state index in [0.29, 0.717) is 18.2 Å². The molecule has 0 saturated heterocycles. The smallest absolute Gasteiger partial charge is 0.223 e. The van der Waals surface area contributed by atoms with E-state index >= 15 is 0 Å². The molecule has 1 amide bonds. The van der Waals surface area contributed by atoms with Gasteiger partial charge in [0.15, 0.2) is 10.9 Å². The first kappa shape index (κ1) is 20.1. The molecule has 5 nitrogen and oxygen atoms in total. The molecule has 0 N–H and O–H groups in total. The van der Waals surface area contributed by atoms with Crippen molar-refractivity contribution in [3.63, 3.8) is 0 Å². The summed E-state index contributed by atoms with van der Waals surface area (Å²) in [6.45, 7) is 4.22. The lowest BCUT2D eigenvalue weighted by Crippen LogP contribution is -2.25. The largest absolute Gasteiger partial charge is 0.316 e. The van der Waals surface area contributed by atoms with Crippen LogP contribution in [0.4, 0.5) is 5.69 Å². The van der Waals surface area contributed by atoms with Crippen LogP contribution in [0.2, 0.25) is 0 Å². The summed E-state index contributed by atoms with van der Waals surface area (Å²) >= 11 is 1.53. The second-order valence-electron chi connectivity index (χ2n) is 8.28.